The first-order valence-corrected chi connectivity index (χ1v) is 6.83. The number of halogens is 2. The summed E-state index contributed by atoms with van der Waals surface area (Å²) in [7, 11) is 0. The summed E-state index contributed by atoms with van der Waals surface area (Å²) in [4.78, 5) is 14.2. The van der Waals surface area contributed by atoms with Gasteiger partial charge in [0.1, 0.15) is 0 Å². The molecule has 5 heteroatoms. The zero-order valence-electron chi connectivity index (χ0n) is 10.4. The largest absolute Gasteiger partial charge is 0.377 e. The second-order valence-electron chi connectivity index (χ2n) is 5.81. The lowest BCUT2D eigenvalue weighted by atomic mass is 10.0. The maximum atomic E-state index is 13.2. The zero-order chi connectivity index (χ0) is 12.8. The number of amides is 1. The Morgan fingerprint density at radius 2 is 2.06 bits per heavy atom. The van der Waals surface area contributed by atoms with Gasteiger partial charge in [0.15, 0.2) is 0 Å². The van der Waals surface area contributed by atoms with Gasteiger partial charge in [0.05, 0.1) is 19.3 Å². The van der Waals surface area contributed by atoms with Crippen LogP contribution in [0.3, 0.4) is 0 Å². The second-order valence-corrected chi connectivity index (χ2v) is 5.81. The molecule has 0 aromatic heterocycles. The third-order valence-electron chi connectivity index (χ3n) is 4.37. The molecule has 2 saturated carbocycles. The molecule has 102 valence electrons. The van der Waals surface area contributed by atoms with Crippen LogP contribution in [0.1, 0.15) is 32.1 Å². The molecule has 1 heterocycles. The molecule has 0 aromatic carbocycles. The van der Waals surface area contributed by atoms with E-state index in [9.17, 15) is 13.6 Å². The number of ether oxygens (including phenoxy) is 1. The number of morpholine rings is 1. The first-order chi connectivity index (χ1) is 8.57. The van der Waals surface area contributed by atoms with Crippen molar-refractivity contribution in [3.05, 3.63) is 0 Å². The standard InChI is InChI=1S/C13H19F2NO2/c14-13(15)4-3-10(7-13)12(17)16-5-6-18-8-11(16)9-1-2-9/h9-11H,1-8H2. The van der Waals surface area contributed by atoms with E-state index in [0.717, 1.165) is 12.8 Å². The highest BCUT2D eigenvalue weighted by atomic mass is 19.3. The van der Waals surface area contributed by atoms with Crippen molar-refractivity contribution in [3.8, 4) is 0 Å². The lowest BCUT2D eigenvalue weighted by molar-refractivity contribution is -0.146. The summed E-state index contributed by atoms with van der Waals surface area (Å²) >= 11 is 0. The van der Waals surface area contributed by atoms with Crippen LogP contribution in [0.5, 0.6) is 0 Å². The van der Waals surface area contributed by atoms with Crippen molar-refractivity contribution in [1.29, 1.82) is 0 Å². The van der Waals surface area contributed by atoms with Crippen molar-refractivity contribution in [2.24, 2.45) is 11.8 Å². The van der Waals surface area contributed by atoms with Crippen molar-refractivity contribution in [2.75, 3.05) is 19.8 Å². The van der Waals surface area contributed by atoms with E-state index in [1.807, 2.05) is 4.90 Å². The molecule has 2 unspecified atom stereocenters. The summed E-state index contributed by atoms with van der Waals surface area (Å²) in [5.41, 5.74) is 0. The minimum absolute atomic E-state index is 0.0626. The van der Waals surface area contributed by atoms with Gasteiger partial charge in [0.2, 0.25) is 11.8 Å². The van der Waals surface area contributed by atoms with Crippen molar-refractivity contribution in [2.45, 2.75) is 44.1 Å². The van der Waals surface area contributed by atoms with E-state index in [2.05, 4.69) is 0 Å². The van der Waals surface area contributed by atoms with Gasteiger partial charge in [0.25, 0.3) is 0 Å². The minimum Gasteiger partial charge on any atom is -0.377 e. The Bertz CT molecular complexity index is 344. The van der Waals surface area contributed by atoms with Crippen LogP contribution < -0.4 is 0 Å². The molecule has 2 atom stereocenters. The van der Waals surface area contributed by atoms with Crippen LogP contribution in [0.15, 0.2) is 0 Å². The summed E-state index contributed by atoms with van der Waals surface area (Å²) in [6.07, 6.45) is 2.21. The molecule has 3 fully saturated rings. The first-order valence-electron chi connectivity index (χ1n) is 6.83. The van der Waals surface area contributed by atoms with Gasteiger partial charge in [-0.25, -0.2) is 8.78 Å². The van der Waals surface area contributed by atoms with Crippen molar-refractivity contribution in [1.82, 2.24) is 4.90 Å². The van der Waals surface area contributed by atoms with E-state index in [1.165, 1.54) is 0 Å². The predicted octanol–water partition coefficient (Wildman–Crippen LogP) is 2.06. The summed E-state index contributed by atoms with van der Waals surface area (Å²) in [6.45, 7) is 1.69. The number of nitrogens with zero attached hydrogens (tertiary/aromatic N) is 1. The first kappa shape index (κ1) is 12.3. The van der Waals surface area contributed by atoms with Gasteiger partial charge >= 0.3 is 0 Å². The van der Waals surface area contributed by atoms with Gasteiger partial charge in [-0.3, -0.25) is 4.79 Å². The lowest BCUT2D eigenvalue weighted by Gasteiger charge is -2.37. The Morgan fingerprint density at radius 3 is 2.67 bits per heavy atom. The quantitative estimate of drug-likeness (QED) is 0.759. The maximum Gasteiger partial charge on any atom is 0.248 e. The molecule has 3 rings (SSSR count). The average molecular weight is 259 g/mol. The Morgan fingerprint density at radius 1 is 1.28 bits per heavy atom. The Kier molecular flexibility index (Phi) is 3.04. The molecule has 0 N–H and O–H groups in total. The molecule has 0 bridgehead atoms. The van der Waals surface area contributed by atoms with E-state index >= 15 is 0 Å². The smallest absolute Gasteiger partial charge is 0.248 e. The normalized spacial score (nSPS) is 35.8. The average Bonchev–Trinajstić information content (AvgIpc) is 3.13. The van der Waals surface area contributed by atoms with Crippen LogP contribution >= 0.6 is 0 Å². The molecule has 3 aliphatic rings. The summed E-state index contributed by atoms with van der Waals surface area (Å²) < 4.78 is 31.8. The maximum absolute atomic E-state index is 13.2. The van der Waals surface area contributed by atoms with E-state index in [0.29, 0.717) is 32.1 Å². The molecular weight excluding hydrogens is 240 g/mol. The number of carbonyl (C=O) groups is 1. The van der Waals surface area contributed by atoms with Crippen LogP contribution in [0.2, 0.25) is 0 Å². The Labute approximate surface area is 105 Å². The van der Waals surface area contributed by atoms with Gasteiger partial charge in [-0.15, -0.1) is 0 Å². The Hall–Kier alpha value is -0.710. The second kappa shape index (κ2) is 4.44. The van der Waals surface area contributed by atoms with Crippen LogP contribution in [0.4, 0.5) is 8.78 Å². The molecule has 18 heavy (non-hydrogen) atoms. The molecule has 0 aromatic rings. The number of hydrogen-bond donors (Lipinski definition) is 0. The topological polar surface area (TPSA) is 29.5 Å². The summed E-state index contributed by atoms with van der Waals surface area (Å²) in [5, 5.41) is 0. The molecule has 0 radical (unpaired) electrons. The van der Waals surface area contributed by atoms with Gasteiger partial charge < -0.3 is 9.64 Å². The van der Waals surface area contributed by atoms with Crippen LogP contribution in [-0.4, -0.2) is 42.5 Å². The van der Waals surface area contributed by atoms with Crippen LogP contribution in [0.25, 0.3) is 0 Å². The fourth-order valence-electron chi connectivity index (χ4n) is 3.16. The fraction of sp³-hybridized carbons (Fsp3) is 0.923. The number of hydrogen-bond acceptors (Lipinski definition) is 2. The zero-order valence-corrected chi connectivity index (χ0v) is 10.4. The number of alkyl halides is 2. The monoisotopic (exact) mass is 259 g/mol. The third kappa shape index (κ3) is 2.37. The van der Waals surface area contributed by atoms with E-state index in [1.54, 1.807) is 0 Å². The summed E-state index contributed by atoms with van der Waals surface area (Å²) in [6, 6.07) is 0.139. The summed E-state index contributed by atoms with van der Waals surface area (Å²) in [5.74, 6) is -2.63. The van der Waals surface area contributed by atoms with Gasteiger partial charge in [-0.2, -0.15) is 0 Å². The van der Waals surface area contributed by atoms with Crippen LogP contribution in [0, 0.1) is 11.8 Å². The predicted molar refractivity (Wildman–Crippen MR) is 61.3 cm³/mol. The third-order valence-corrected chi connectivity index (χ3v) is 4.37. The Balaban J connectivity index is 1.67. The molecule has 3 nitrogen and oxygen atoms in total. The number of rotatable bonds is 2. The van der Waals surface area contributed by atoms with Crippen molar-refractivity contribution >= 4 is 5.91 Å². The molecule has 1 amide bonds. The van der Waals surface area contributed by atoms with E-state index in [-0.39, 0.29) is 24.8 Å². The SMILES string of the molecule is O=C(C1CCC(F)(F)C1)N1CCOCC1C1CC1. The molecule has 1 saturated heterocycles. The highest BCUT2D eigenvalue weighted by Crippen LogP contribution is 2.42. The van der Waals surface area contributed by atoms with E-state index in [4.69, 9.17) is 4.74 Å². The highest BCUT2D eigenvalue weighted by molar-refractivity contribution is 5.79. The van der Waals surface area contributed by atoms with Crippen LogP contribution in [-0.2, 0) is 9.53 Å². The lowest BCUT2D eigenvalue weighted by Crippen LogP contribution is -2.51. The molecule has 2 aliphatic carbocycles. The van der Waals surface area contributed by atoms with Gasteiger partial charge in [-0.1, -0.05) is 0 Å². The van der Waals surface area contributed by atoms with E-state index < -0.39 is 11.8 Å². The molecule has 0 spiro atoms. The highest BCUT2D eigenvalue weighted by Gasteiger charge is 2.46. The molecular formula is C13H19F2NO2. The van der Waals surface area contributed by atoms with Gasteiger partial charge in [0, 0.05) is 25.3 Å². The fourth-order valence-corrected chi connectivity index (χ4v) is 3.16. The number of carbonyl (C=O) groups excluding carboxylic acids is 1. The van der Waals surface area contributed by atoms with Crippen molar-refractivity contribution in [3.63, 3.8) is 0 Å². The van der Waals surface area contributed by atoms with Crippen molar-refractivity contribution < 1.29 is 18.3 Å². The van der Waals surface area contributed by atoms with Gasteiger partial charge in [-0.05, 0) is 25.2 Å². The molecule has 1 aliphatic heterocycles. The minimum atomic E-state index is -2.64.